The van der Waals surface area contributed by atoms with Crippen LogP contribution in [0.1, 0.15) is 26.5 Å². The first-order chi connectivity index (χ1) is 12.1. The lowest BCUT2D eigenvalue weighted by atomic mass is 10.1. The molecule has 25 heavy (non-hydrogen) atoms. The molecule has 0 aliphatic rings. The number of methoxy groups -OCH3 is 1. The van der Waals surface area contributed by atoms with Gasteiger partial charge in [0.25, 0.3) is 5.91 Å². The van der Waals surface area contributed by atoms with Gasteiger partial charge in [0, 0.05) is 18.0 Å². The Bertz CT molecular complexity index is 899. The van der Waals surface area contributed by atoms with E-state index in [4.69, 9.17) is 0 Å². The normalized spacial score (nSPS) is 10.3. The van der Waals surface area contributed by atoms with Crippen molar-refractivity contribution in [2.75, 3.05) is 12.4 Å². The zero-order valence-corrected chi connectivity index (χ0v) is 13.8. The van der Waals surface area contributed by atoms with Crippen molar-refractivity contribution in [2.45, 2.75) is 6.92 Å². The van der Waals surface area contributed by atoms with Gasteiger partial charge in [0.1, 0.15) is 11.6 Å². The Kier molecular flexibility index (Phi) is 4.56. The summed E-state index contributed by atoms with van der Waals surface area (Å²) in [6.45, 7) is 1.88. The van der Waals surface area contributed by atoms with Crippen LogP contribution in [0.4, 0.5) is 5.69 Å². The molecule has 0 bridgehead atoms. The summed E-state index contributed by atoms with van der Waals surface area (Å²) in [7, 11) is 1.31. The number of esters is 1. The largest absolute Gasteiger partial charge is 0.465 e. The fourth-order valence-corrected chi connectivity index (χ4v) is 2.30. The SMILES string of the molecule is COC(=O)c1ccc(C(=O)Nc2ccc(-n3ccnc3C)nc2)cc1. The van der Waals surface area contributed by atoms with Crippen molar-refractivity contribution in [1.29, 1.82) is 0 Å². The van der Waals surface area contributed by atoms with Crippen LogP contribution < -0.4 is 5.32 Å². The molecule has 3 aromatic rings. The van der Waals surface area contributed by atoms with Crippen molar-refractivity contribution in [3.8, 4) is 5.82 Å². The van der Waals surface area contributed by atoms with E-state index in [0.29, 0.717) is 16.8 Å². The summed E-state index contributed by atoms with van der Waals surface area (Å²) in [5.41, 5.74) is 1.39. The molecular formula is C18H16N4O3. The number of rotatable bonds is 4. The van der Waals surface area contributed by atoms with Crippen molar-refractivity contribution in [3.63, 3.8) is 0 Å². The number of carbonyl (C=O) groups is 2. The summed E-state index contributed by atoms with van der Waals surface area (Å²) >= 11 is 0. The molecule has 2 heterocycles. The van der Waals surface area contributed by atoms with Gasteiger partial charge >= 0.3 is 5.97 Å². The number of amides is 1. The van der Waals surface area contributed by atoms with E-state index in [9.17, 15) is 9.59 Å². The fourth-order valence-electron chi connectivity index (χ4n) is 2.30. The van der Waals surface area contributed by atoms with Gasteiger partial charge in [-0.3, -0.25) is 9.36 Å². The van der Waals surface area contributed by atoms with E-state index in [0.717, 1.165) is 11.6 Å². The minimum atomic E-state index is -0.443. The summed E-state index contributed by atoms with van der Waals surface area (Å²) in [4.78, 5) is 32.1. The molecular weight excluding hydrogens is 320 g/mol. The number of aromatic nitrogens is 3. The van der Waals surface area contributed by atoms with Gasteiger partial charge < -0.3 is 10.1 Å². The van der Waals surface area contributed by atoms with E-state index in [2.05, 4.69) is 20.0 Å². The summed E-state index contributed by atoms with van der Waals surface area (Å²) < 4.78 is 6.47. The first-order valence-corrected chi connectivity index (χ1v) is 7.54. The van der Waals surface area contributed by atoms with Crippen LogP contribution in [-0.2, 0) is 4.74 Å². The van der Waals surface area contributed by atoms with Gasteiger partial charge in [-0.05, 0) is 43.3 Å². The van der Waals surface area contributed by atoms with Crippen LogP contribution in [0.15, 0.2) is 55.0 Å². The maximum atomic E-state index is 12.3. The smallest absolute Gasteiger partial charge is 0.337 e. The monoisotopic (exact) mass is 336 g/mol. The quantitative estimate of drug-likeness (QED) is 0.740. The maximum absolute atomic E-state index is 12.3. The Balaban J connectivity index is 1.70. The molecule has 1 aromatic carbocycles. The predicted octanol–water partition coefficient (Wildman–Crippen LogP) is 2.61. The Morgan fingerprint density at radius 1 is 1.04 bits per heavy atom. The van der Waals surface area contributed by atoms with Crippen molar-refractivity contribution in [1.82, 2.24) is 14.5 Å². The minimum Gasteiger partial charge on any atom is -0.465 e. The number of hydrogen-bond donors (Lipinski definition) is 1. The van der Waals surface area contributed by atoms with Crippen LogP contribution >= 0.6 is 0 Å². The van der Waals surface area contributed by atoms with Gasteiger partial charge in [0.2, 0.25) is 0 Å². The third-order valence-corrected chi connectivity index (χ3v) is 3.65. The van der Waals surface area contributed by atoms with Crippen LogP contribution in [0.2, 0.25) is 0 Å². The van der Waals surface area contributed by atoms with Gasteiger partial charge in [0.15, 0.2) is 0 Å². The molecule has 0 radical (unpaired) electrons. The van der Waals surface area contributed by atoms with E-state index in [1.807, 2.05) is 17.7 Å². The van der Waals surface area contributed by atoms with Crippen LogP contribution in [0.3, 0.4) is 0 Å². The highest BCUT2D eigenvalue weighted by molar-refractivity contribution is 6.04. The maximum Gasteiger partial charge on any atom is 0.337 e. The first-order valence-electron chi connectivity index (χ1n) is 7.54. The molecule has 0 fully saturated rings. The molecule has 0 aliphatic heterocycles. The number of hydrogen-bond acceptors (Lipinski definition) is 5. The lowest BCUT2D eigenvalue weighted by Crippen LogP contribution is -2.12. The summed E-state index contributed by atoms with van der Waals surface area (Å²) in [5.74, 6) is 0.816. The zero-order valence-electron chi connectivity index (χ0n) is 13.8. The lowest BCUT2D eigenvalue weighted by Gasteiger charge is -2.08. The van der Waals surface area contributed by atoms with Gasteiger partial charge in [-0.1, -0.05) is 0 Å². The second kappa shape index (κ2) is 6.96. The van der Waals surface area contributed by atoms with Crippen LogP contribution in [-0.4, -0.2) is 33.5 Å². The molecule has 126 valence electrons. The van der Waals surface area contributed by atoms with Gasteiger partial charge in [-0.2, -0.15) is 0 Å². The van der Waals surface area contributed by atoms with E-state index < -0.39 is 5.97 Å². The lowest BCUT2D eigenvalue weighted by molar-refractivity contribution is 0.0600. The molecule has 3 rings (SSSR count). The van der Waals surface area contributed by atoms with Crippen molar-refractivity contribution >= 4 is 17.6 Å². The standard InChI is InChI=1S/C18H16N4O3/c1-12-19-9-10-22(12)16-8-7-15(11-20-16)21-17(23)13-3-5-14(6-4-13)18(24)25-2/h3-11H,1-2H3,(H,21,23). The van der Waals surface area contributed by atoms with E-state index >= 15 is 0 Å². The molecule has 7 nitrogen and oxygen atoms in total. The zero-order chi connectivity index (χ0) is 17.8. The van der Waals surface area contributed by atoms with Gasteiger partial charge in [-0.25, -0.2) is 14.8 Å². The van der Waals surface area contributed by atoms with Crippen molar-refractivity contribution in [2.24, 2.45) is 0 Å². The molecule has 0 aliphatic carbocycles. The van der Waals surface area contributed by atoms with Crippen molar-refractivity contribution in [3.05, 3.63) is 71.9 Å². The van der Waals surface area contributed by atoms with E-state index in [1.165, 1.54) is 7.11 Å². The Labute approximate surface area is 144 Å². The Hall–Kier alpha value is -3.48. The number of nitrogens with one attached hydrogen (secondary N) is 1. The van der Waals surface area contributed by atoms with Crippen LogP contribution in [0.25, 0.3) is 5.82 Å². The van der Waals surface area contributed by atoms with Crippen LogP contribution in [0.5, 0.6) is 0 Å². The summed E-state index contributed by atoms with van der Waals surface area (Å²) in [6, 6.07) is 9.79. The highest BCUT2D eigenvalue weighted by Gasteiger charge is 2.10. The number of ether oxygens (including phenoxy) is 1. The number of carbonyl (C=O) groups excluding carboxylic acids is 2. The van der Waals surface area contributed by atoms with Gasteiger partial charge in [0.05, 0.1) is 24.6 Å². The molecule has 0 unspecified atom stereocenters. The molecule has 7 heteroatoms. The van der Waals surface area contributed by atoms with Crippen molar-refractivity contribution < 1.29 is 14.3 Å². The number of aryl methyl sites for hydroxylation is 1. The summed E-state index contributed by atoms with van der Waals surface area (Å²) in [5, 5.41) is 2.77. The van der Waals surface area contributed by atoms with E-state index in [1.54, 1.807) is 48.8 Å². The second-order valence-corrected chi connectivity index (χ2v) is 5.27. The number of pyridine rings is 1. The molecule has 0 atom stereocenters. The average Bonchev–Trinajstić information content (AvgIpc) is 3.07. The van der Waals surface area contributed by atoms with E-state index in [-0.39, 0.29) is 5.91 Å². The molecule has 1 N–H and O–H groups in total. The fraction of sp³-hybridized carbons (Fsp3) is 0.111. The van der Waals surface area contributed by atoms with Gasteiger partial charge in [-0.15, -0.1) is 0 Å². The molecule has 0 spiro atoms. The number of imidazole rings is 1. The predicted molar refractivity (Wildman–Crippen MR) is 91.8 cm³/mol. The third kappa shape index (κ3) is 3.55. The highest BCUT2D eigenvalue weighted by atomic mass is 16.5. The molecule has 0 saturated heterocycles. The summed E-state index contributed by atoms with van der Waals surface area (Å²) in [6.07, 6.45) is 5.10. The number of benzene rings is 1. The molecule has 0 saturated carbocycles. The van der Waals surface area contributed by atoms with Crippen LogP contribution in [0, 0.1) is 6.92 Å². The molecule has 1 amide bonds. The third-order valence-electron chi connectivity index (χ3n) is 3.65. The minimum absolute atomic E-state index is 0.287. The topological polar surface area (TPSA) is 86.1 Å². The number of nitrogens with zero attached hydrogens (tertiary/aromatic N) is 3. The highest BCUT2D eigenvalue weighted by Crippen LogP contribution is 2.13. The first kappa shape index (κ1) is 16.4. The Morgan fingerprint density at radius 3 is 2.32 bits per heavy atom. The Morgan fingerprint density at radius 2 is 1.76 bits per heavy atom. The average molecular weight is 336 g/mol. The second-order valence-electron chi connectivity index (χ2n) is 5.27. The molecule has 2 aromatic heterocycles. The number of anilines is 1.